The normalized spacial score (nSPS) is 17.2. The van der Waals surface area contributed by atoms with Crippen molar-refractivity contribution in [2.45, 2.75) is 18.9 Å². The number of amides is 2. The molecule has 3 aromatic rings. The second-order valence-electron chi connectivity index (χ2n) is 7.09. The van der Waals surface area contributed by atoms with Gasteiger partial charge >= 0.3 is 6.03 Å². The Labute approximate surface area is 170 Å². The van der Waals surface area contributed by atoms with E-state index in [1.165, 1.54) is 30.9 Å². The van der Waals surface area contributed by atoms with Crippen molar-refractivity contribution in [2.24, 2.45) is 0 Å². The number of nitrogens with one attached hydrogen (secondary N) is 1. The summed E-state index contributed by atoms with van der Waals surface area (Å²) in [6.45, 7) is 1.53. The van der Waals surface area contributed by atoms with E-state index in [4.69, 9.17) is 0 Å². The summed E-state index contributed by atoms with van der Waals surface area (Å²) >= 11 is 0. The number of aromatic nitrogens is 4. The Bertz CT molecular complexity index is 1100. The monoisotopic (exact) mass is 409 g/mol. The van der Waals surface area contributed by atoms with E-state index in [1.54, 1.807) is 17.0 Å². The fraction of sp³-hybridized carbons (Fsp3) is 0.250. The van der Waals surface area contributed by atoms with Gasteiger partial charge in [-0.1, -0.05) is 0 Å². The van der Waals surface area contributed by atoms with Gasteiger partial charge in [-0.05, 0) is 30.7 Å². The minimum Gasteiger partial charge on any atom is -0.366 e. The summed E-state index contributed by atoms with van der Waals surface area (Å²) in [5.74, 6) is 0.842. The first-order valence-electron chi connectivity index (χ1n) is 9.47. The highest BCUT2D eigenvalue weighted by molar-refractivity contribution is 6.04. The first kappa shape index (κ1) is 18.3. The van der Waals surface area contributed by atoms with Crippen molar-refractivity contribution < 1.29 is 13.6 Å². The van der Waals surface area contributed by atoms with Crippen molar-refractivity contribution in [1.29, 1.82) is 0 Å². The number of nitrogens with zero attached hydrogens (tertiary/aromatic N) is 6. The summed E-state index contributed by atoms with van der Waals surface area (Å²) in [6.07, 6.45) is 3.97. The molecule has 2 amide bonds. The molecule has 1 N–H and O–H groups in total. The highest BCUT2D eigenvalue weighted by atomic mass is 19.3. The Morgan fingerprint density at radius 1 is 1.17 bits per heavy atom. The van der Waals surface area contributed by atoms with E-state index in [0.29, 0.717) is 29.4 Å². The lowest BCUT2D eigenvalue weighted by molar-refractivity contribution is 0.146. The van der Waals surface area contributed by atoms with Crippen molar-refractivity contribution in [2.75, 3.05) is 28.2 Å². The fourth-order valence-electron chi connectivity index (χ4n) is 3.89. The van der Waals surface area contributed by atoms with Crippen LogP contribution in [-0.2, 0) is 0 Å². The lowest BCUT2D eigenvalue weighted by Gasteiger charge is -2.35. The molecule has 3 aromatic heterocycles. The third-order valence-corrected chi connectivity index (χ3v) is 5.27. The largest absolute Gasteiger partial charge is 0.366 e. The van der Waals surface area contributed by atoms with Gasteiger partial charge in [-0.15, -0.1) is 0 Å². The average molecular weight is 409 g/mol. The van der Waals surface area contributed by atoms with Crippen molar-refractivity contribution in [3.05, 3.63) is 54.7 Å². The molecule has 0 spiro atoms. The van der Waals surface area contributed by atoms with Crippen LogP contribution in [0.15, 0.2) is 49.1 Å². The number of anilines is 3. The summed E-state index contributed by atoms with van der Waals surface area (Å²) in [4.78, 5) is 33.3. The standard InChI is InChI=1S/C20H17F2N7O/c21-18(22)15-9-12(3-5-24-15)14-1-2-16-19(26-14)29(13-4-8-28(16)11-13)20(30)27-17-10-23-6-7-25-17/h1-3,5-7,9-10,13,18H,4,8,11H2,(H,25,27,30)/t13-/m0/s1. The summed E-state index contributed by atoms with van der Waals surface area (Å²) in [7, 11) is 0. The molecule has 30 heavy (non-hydrogen) atoms. The maximum Gasteiger partial charge on any atom is 0.329 e. The second-order valence-corrected chi connectivity index (χ2v) is 7.09. The van der Waals surface area contributed by atoms with Crippen LogP contribution in [0.25, 0.3) is 11.3 Å². The Kier molecular flexibility index (Phi) is 4.46. The zero-order valence-corrected chi connectivity index (χ0v) is 15.7. The highest BCUT2D eigenvalue weighted by Crippen LogP contribution is 2.40. The van der Waals surface area contributed by atoms with Gasteiger partial charge in [-0.2, -0.15) is 0 Å². The maximum absolute atomic E-state index is 13.1. The molecule has 1 fully saturated rings. The molecule has 8 nitrogen and oxygen atoms in total. The molecule has 5 heterocycles. The first-order valence-corrected chi connectivity index (χ1v) is 9.47. The number of halogens is 2. The van der Waals surface area contributed by atoms with Crippen molar-refractivity contribution in [3.8, 4) is 11.3 Å². The molecular weight excluding hydrogens is 392 g/mol. The number of pyridine rings is 2. The Balaban J connectivity index is 1.53. The quantitative estimate of drug-likeness (QED) is 0.713. The number of carbonyl (C=O) groups is 1. The van der Waals surface area contributed by atoms with Crippen LogP contribution in [-0.4, -0.2) is 45.1 Å². The van der Waals surface area contributed by atoms with Crippen LogP contribution in [0.5, 0.6) is 0 Å². The number of hydrogen-bond donors (Lipinski definition) is 1. The molecule has 10 heteroatoms. The van der Waals surface area contributed by atoms with Crippen LogP contribution < -0.4 is 15.1 Å². The summed E-state index contributed by atoms with van der Waals surface area (Å²) in [5, 5.41) is 2.76. The summed E-state index contributed by atoms with van der Waals surface area (Å²) in [6, 6.07) is 6.22. The molecule has 152 valence electrons. The first-order chi connectivity index (χ1) is 14.6. The van der Waals surface area contributed by atoms with Gasteiger partial charge in [0.15, 0.2) is 11.6 Å². The van der Waals surface area contributed by atoms with Gasteiger partial charge in [0.05, 0.1) is 23.6 Å². The number of carbonyl (C=O) groups excluding carboxylic acids is 1. The van der Waals surface area contributed by atoms with E-state index in [0.717, 1.165) is 18.7 Å². The van der Waals surface area contributed by atoms with Crippen molar-refractivity contribution in [1.82, 2.24) is 19.9 Å². The molecule has 0 saturated carbocycles. The smallest absolute Gasteiger partial charge is 0.329 e. The third kappa shape index (κ3) is 3.19. The van der Waals surface area contributed by atoms with Gasteiger partial charge < -0.3 is 4.90 Å². The number of hydrogen-bond acceptors (Lipinski definition) is 6. The van der Waals surface area contributed by atoms with E-state index >= 15 is 0 Å². The fourth-order valence-corrected chi connectivity index (χ4v) is 3.89. The van der Waals surface area contributed by atoms with Crippen LogP contribution >= 0.6 is 0 Å². The van der Waals surface area contributed by atoms with Gasteiger partial charge in [0, 0.05) is 37.2 Å². The maximum atomic E-state index is 13.1. The van der Waals surface area contributed by atoms with E-state index in [1.807, 2.05) is 6.07 Å². The van der Waals surface area contributed by atoms with Crippen LogP contribution in [0.2, 0.25) is 0 Å². The average Bonchev–Trinajstić information content (AvgIpc) is 3.18. The van der Waals surface area contributed by atoms with Gasteiger partial charge in [0.2, 0.25) is 0 Å². The SMILES string of the molecule is O=C(Nc1cnccn1)N1c2nc(-c3ccnc(C(F)F)c3)ccc2N2CC[C@H]1C2. The van der Waals surface area contributed by atoms with E-state index in [-0.39, 0.29) is 17.8 Å². The number of alkyl halides is 2. The second kappa shape index (κ2) is 7.29. The molecule has 0 aromatic carbocycles. The van der Waals surface area contributed by atoms with Gasteiger partial charge in [-0.3, -0.25) is 20.2 Å². The summed E-state index contributed by atoms with van der Waals surface area (Å²) in [5.41, 5.74) is 1.54. The zero-order valence-electron chi connectivity index (χ0n) is 15.7. The van der Waals surface area contributed by atoms with Gasteiger partial charge in [0.25, 0.3) is 6.43 Å². The van der Waals surface area contributed by atoms with Crippen LogP contribution in [0.4, 0.5) is 30.9 Å². The Hall–Kier alpha value is -3.69. The van der Waals surface area contributed by atoms with Gasteiger partial charge in [0.1, 0.15) is 5.69 Å². The van der Waals surface area contributed by atoms with Crippen molar-refractivity contribution in [3.63, 3.8) is 0 Å². The molecule has 1 atom stereocenters. The summed E-state index contributed by atoms with van der Waals surface area (Å²) < 4.78 is 26.1. The predicted octanol–water partition coefficient (Wildman–Crippen LogP) is 3.50. The number of rotatable bonds is 3. The van der Waals surface area contributed by atoms with Crippen LogP contribution in [0.3, 0.4) is 0 Å². The number of fused-ring (bicyclic) bond motifs is 4. The lowest BCUT2D eigenvalue weighted by Crippen LogP contribution is -2.48. The van der Waals surface area contributed by atoms with E-state index in [9.17, 15) is 13.6 Å². The molecule has 0 unspecified atom stereocenters. The zero-order chi connectivity index (χ0) is 20.7. The minimum absolute atomic E-state index is 0.0361. The molecule has 2 bridgehead atoms. The molecular formula is C20H17F2N7O. The topological polar surface area (TPSA) is 87.1 Å². The van der Waals surface area contributed by atoms with E-state index in [2.05, 4.69) is 30.2 Å². The van der Waals surface area contributed by atoms with Crippen LogP contribution in [0, 0.1) is 0 Å². The van der Waals surface area contributed by atoms with Crippen molar-refractivity contribution >= 4 is 23.4 Å². The molecule has 0 aliphatic carbocycles. The molecule has 5 rings (SSSR count). The Morgan fingerprint density at radius 2 is 2.07 bits per heavy atom. The van der Waals surface area contributed by atoms with Crippen LogP contribution in [0.1, 0.15) is 18.5 Å². The third-order valence-electron chi connectivity index (χ3n) is 5.27. The van der Waals surface area contributed by atoms with Gasteiger partial charge in [-0.25, -0.2) is 23.5 Å². The molecule has 1 saturated heterocycles. The molecule has 2 aliphatic heterocycles. The Morgan fingerprint density at radius 3 is 2.87 bits per heavy atom. The molecule has 2 aliphatic rings. The molecule has 0 radical (unpaired) electrons. The lowest BCUT2D eigenvalue weighted by atomic mass is 10.1. The van der Waals surface area contributed by atoms with E-state index < -0.39 is 6.43 Å². The minimum atomic E-state index is -2.67. The predicted molar refractivity (Wildman–Crippen MR) is 107 cm³/mol. The highest BCUT2D eigenvalue weighted by Gasteiger charge is 2.40. The number of urea groups is 1.